The number of aromatic nitrogens is 2. The molecular weight excluding hydrogens is 386 g/mol. The Balaban J connectivity index is 1.16. The van der Waals surface area contributed by atoms with Crippen molar-refractivity contribution in [1.82, 2.24) is 20.2 Å². The van der Waals surface area contributed by atoms with Crippen molar-refractivity contribution in [3.05, 3.63) is 53.9 Å². The van der Waals surface area contributed by atoms with Crippen LogP contribution in [0.25, 0.3) is 0 Å². The van der Waals surface area contributed by atoms with Crippen LogP contribution in [0, 0.1) is 18.8 Å². The Kier molecular flexibility index (Phi) is 7.52. The number of anilines is 1. The Morgan fingerprint density at radius 2 is 1.90 bits per heavy atom. The van der Waals surface area contributed by atoms with Gasteiger partial charge in [-0.15, -0.1) is 0 Å². The highest BCUT2D eigenvalue weighted by molar-refractivity contribution is 5.79. The minimum Gasteiger partial charge on any atom is -0.355 e. The molecule has 6 nitrogen and oxygen atoms in total. The topological polar surface area (TPSA) is 61.4 Å². The maximum atomic E-state index is 12.7. The second-order valence-electron chi connectivity index (χ2n) is 9.05. The maximum absolute atomic E-state index is 12.7. The van der Waals surface area contributed by atoms with Crippen molar-refractivity contribution < 1.29 is 4.79 Å². The largest absolute Gasteiger partial charge is 0.355 e. The molecule has 6 heteroatoms. The van der Waals surface area contributed by atoms with Gasteiger partial charge >= 0.3 is 0 Å². The molecule has 166 valence electrons. The third kappa shape index (κ3) is 6.26. The van der Waals surface area contributed by atoms with Crippen molar-refractivity contribution in [2.75, 3.05) is 44.2 Å². The average molecular weight is 422 g/mol. The van der Waals surface area contributed by atoms with Crippen molar-refractivity contribution in [3.63, 3.8) is 0 Å². The van der Waals surface area contributed by atoms with E-state index in [1.165, 1.54) is 24.8 Å². The van der Waals surface area contributed by atoms with Crippen LogP contribution in [-0.4, -0.2) is 60.0 Å². The van der Waals surface area contributed by atoms with Crippen molar-refractivity contribution >= 4 is 11.9 Å². The van der Waals surface area contributed by atoms with Gasteiger partial charge in [0.15, 0.2) is 0 Å². The zero-order valence-electron chi connectivity index (χ0n) is 18.7. The summed E-state index contributed by atoms with van der Waals surface area (Å²) in [4.78, 5) is 26.3. The van der Waals surface area contributed by atoms with Crippen LogP contribution in [-0.2, 0) is 11.2 Å². The van der Waals surface area contributed by atoms with Gasteiger partial charge in [0, 0.05) is 38.1 Å². The van der Waals surface area contributed by atoms with Gasteiger partial charge in [-0.25, -0.2) is 9.97 Å². The number of aryl methyl sites for hydroxylation is 1. The zero-order chi connectivity index (χ0) is 21.5. The van der Waals surface area contributed by atoms with E-state index in [1.54, 1.807) is 6.20 Å². The van der Waals surface area contributed by atoms with Gasteiger partial charge in [-0.3, -0.25) is 4.79 Å². The molecule has 0 bridgehead atoms. The molecular formula is C25H35N5O. The maximum Gasteiger partial charge on any atom is 0.225 e. The van der Waals surface area contributed by atoms with Gasteiger partial charge in [0.1, 0.15) is 0 Å². The highest BCUT2D eigenvalue weighted by Crippen LogP contribution is 2.22. The number of piperidine rings is 2. The Bertz CT molecular complexity index is 835. The van der Waals surface area contributed by atoms with Crippen molar-refractivity contribution in [2.45, 2.75) is 39.0 Å². The predicted octanol–water partition coefficient (Wildman–Crippen LogP) is 3.07. The van der Waals surface area contributed by atoms with Crippen LogP contribution in [0.5, 0.6) is 0 Å². The first-order valence-corrected chi connectivity index (χ1v) is 11.8. The van der Waals surface area contributed by atoms with Crippen LogP contribution in [0.3, 0.4) is 0 Å². The fraction of sp³-hybridized carbons (Fsp3) is 0.560. The van der Waals surface area contributed by atoms with Crippen molar-refractivity contribution in [3.8, 4) is 0 Å². The van der Waals surface area contributed by atoms with Gasteiger partial charge < -0.3 is 15.1 Å². The smallest absolute Gasteiger partial charge is 0.225 e. The number of amides is 1. The number of rotatable bonds is 7. The number of hydrogen-bond donors (Lipinski definition) is 1. The van der Waals surface area contributed by atoms with E-state index in [4.69, 9.17) is 0 Å². The molecule has 0 unspecified atom stereocenters. The zero-order valence-corrected chi connectivity index (χ0v) is 18.7. The van der Waals surface area contributed by atoms with Gasteiger partial charge in [-0.05, 0) is 69.7 Å². The second kappa shape index (κ2) is 10.7. The van der Waals surface area contributed by atoms with Crippen LogP contribution in [0.15, 0.2) is 42.6 Å². The molecule has 2 aliphatic rings. The number of nitrogens with zero attached hydrogens (tertiary/aromatic N) is 4. The number of benzene rings is 1. The Labute approximate surface area is 186 Å². The van der Waals surface area contributed by atoms with Gasteiger partial charge in [0.2, 0.25) is 11.9 Å². The van der Waals surface area contributed by atoms with Crippen LogP contribution < -0.4 is 10.2 Å². The lowest BCUT2D eigenvalue weighted by atomic mass is 9.90. The third-order valence-electron chi connectivity index (χ3n) is 6.66. The summed E-state index contributed by atoms with van der Waals surface area (Å²) in [7, 11) is 0. The Hall–Kier alpha value is -2.47. The summed E-state index contributed by atoms with van der Waals surface area (Å²) in [6, 6.07) is 12.7. The molecule has 2 saturated heterocycles. The SMILES string of the molecule is Cc1ccnc(N2CCC[C@@H](C(=O)NCCN3CCC(Cc4ccccc4)CC3)C2)n1. The molecule has 0 saturated carbocycles. The predicted molar refractivity (Wildman–Crippen MR) is 124 cm³/mol. The first kappa shape index (κ1) is 21.8. The summed E-state index contributed by atoms with van der Waals surface area (Å²) in [5.74, 6) is 1.73. The quantitative estimate of drug-likeness (QED) is 0.745. The number of hydrogen-bond acceptors (Lipinski definition) is 5. The average Bonchev–Trinajstić information content (AvgIpc) is 2.81. The lowest BCUT2D eigenvalue weighted by Crippen LogP contribution is -2.46. The molecule has 2 aromatic rings. The molecule has 1 aromatic heterocycles. The van der Waals surface area contributed by atoms with Crippen LogP contribution in [0.4, 0.5) is 5.95 Å². The number of carbonyl (C=O) groups excluding carboxylic acids is 1. The van der Waals surface area contributed by atoms with E-state index in [0.29, 0.717) is 6.54 Å². The Morgan fingerprint density at radius 3 is 2.68 bits per heavy atom. The monoisotopic (exact) mass is 421 g/mol. The minimum absolute atomic E-state index is 0.0227. The van der Waals surface area contributed by atoms with Crippen molar-refractivity contribution in [1.29, 1.82) is 0 Å². The lowest BCUT2D eigenvalue weighted by molar-refractivity contribution is -0.125. The molecule has 1 amide bonds. The fourth-order valence-corrected chi connectivity index (χ4v) is 4.80. The van der Waals surface area contributed by atoms with Crippen LogP contribution in [0.2, 0.25) is 0 Å². The molecule has 3 heterocycles. The molecule has 0 aliphatic carbocycles. The number of carbonyl (C=O) groups is 1. The highest BCUT2D eigenvalue weighted by Gasteiger charge is 2.27. The van der Waals surface area contributed by atoms with Gasteiger partial charge in [-0.1, -0.05) is 30.3 Å². The van der Waals surface area contributed by atoms with E-state index in [2.05, 4.69) is 55.4 Å². The minimum atomic E-state index is 0.0227. The van der Waals surface area contributed by atoms with E-state index in [-0.39, 0.29) is 11.8 Å². The first-order valence-electron chi connectivity index (χ1n) is 11.8. The molecule has 2 fully saturated rings. The standard InChI is InChI=1S/C25H35N5O/c1-20-9-12-27-25(28-20)30-14-5-8-23(19-30)24(31)26-13-17-29-15-10-22(11-16-29)18-21-6-3-2-4-7-21/h2-4,6-7,9,12,22-23H,5,8,10-11,13-19H2,1H3,(H,26,31)/t23-/m1/s1. The molecule has 0 radical (unpaired) electrons. The molecule has 1 N–H and O–H groups in total. The normalized spacial score (nSPS) is 20.5. The summed E-state index contributed by atoms with van der Waals surface area (Å²) < 4.78 is 0. The summed E-state index contributed by atoms with van der Waals surface area (Å²) in [5.41, 5.74) is 2.41. The molecule has 1 atom stereocenters. The Morgan fingerprint density at radius 1 is 1.10 bits per heavy atom. The summed E-state index contributed by atoms with van der Waals surface area (Å²) in [5, 5.41) is 3.19. The van der Waals surface area contributed by atoms with Crippen LogP contribution >= 0.6 is 0 Å². The third-order valence-corrected chi connectivity index (χ3v) is 6.66. The lowest BCUT2D eigenvalue weighted by Gasteiger charge is -2.33. The van der Waals surface area contributed by atoms with Crippen molar-refractivity contribution in [2.24, 2.45) is 11.8 Å². The molecule has 31 heavy (non-hydrogen) atoms. The van der Waals surface area contributed by atoms with E-state index in [1.807, 2.05) is 13.0 Å². The van der Waals surface area contributed by atoms with Crippen LogP contribution in [0.1, 0.15) is 36.9 Å². The molecule has 4 rings (SSSR count). The first-order chi connectivity index (χ1) is 15.2. The highest BCUT2D eigenvalue weighted by atomic mass is 16.1. The summed E-state index contributed by atoms with van der Waals surface area (Å²) in [6.45, 7) is 7.56. The van der Waals surface area contributed by atoms with E-state index >= 15 is 0 Å². The number of nitrogens with one attached hydrogen (secondary N) is 1. The molecule has 2 aliphatic heterocycles. The van der Waals surface area contributed by atoms with Gasteiger partial charge in [0.05, 0.1) is 5.92 Å². The second-order valence-corrected chi connectivity index (χ2v) is 9.05. The van der Waals surface area contributed by atoms with E-state index < -0.39 is 0 Å². The summed E-state index contributed by atoms with van der Waals surface area (Å²) in [6.07, 6.45) is 7.43. The number of likely N-dealkylation sites (tertiary alicyclic amines) is 1. The summed E-state index contributed by atoms with van der Waals surface area (Å²) >= 11 is 0. The van der Waals surface area contributed by atoms with Gasteiger partial charge in [-0.2, -0.15) is 0 Å². The molecule has 1 aromatic carbocycles. The fourth-order valence-electron chi connectivity index (χ4n) is 4.80. The van der Waals surface area contributed by atoms with Gasteiger partial charge in [0.25, 0.3) is 0 Å². The molecule has 0 spiro atoms. The van der Waals surface area contributed by atoms with E-state index in [9.17, 15) is 4.79 Å². The van der Waals surface area contributed by atoms with E-state index in [0.717, 1.165) is 63.1 Å².